The summed E-state index contributed by atoms with van der Waals surface area (Å²) in [6.45, 7) is 11.2. The first-order valence-electron chi connectivity index (χ1n) is 22.0. The number of hydrogen-bond acceptors (Lipinski definition) is 12. The summed E-state index contributed by atoms with van der Waals surface area (Å²) in [5.74, 6) is -0.476. The second kappa shape index (κ2) is 19.2. The van der Waals surface area contributed by atoms with Gasteiger partial charge in [0.25, 0.3) is 5.91 Å². The lowest BCUT2D eigenvalue weighted by molar-refractivity contribution is -0.138. The van der Waals surface area contributed by atoms with Gasteiger partial charge in [0.05, 0.1) is 12.2 Å². The van der Waals surface area contributed by atoms with Crippen molar-refractivity contribution in [1.82, 2.24) is 35.0 Å². The van der Waals surface area contributed by atoms with Gasteiger partial charge in [-0.05, 0) is 104 Å². The first-order valence-corrected chi connectivity index (χ1v) is 22.0. The van der Waals surface area contributed by atoms with Crippen molar-refractivity contribution in [3.8, 4) is 0 Å². The predicted molar refractivity (Wildman–Crippen MR) is 233 cm³/mol. The average molecular weight is 882 g/mol. The van der Waals surface area contributed by atoms with E-state index in [-0.39, 0.29) is 36.5 Å². The maximum absolute atomic E-state index is 13.6. The first-order chi connectivity index (χ1) is 30.8. The van der Waals surface area contributed by atoms with Crippen LogP contribution in [0.5, 0.6) is 0 Å². The summed E-state index contributed by atoms with van der Waals surface area (Å²) < 4.78 is 40.8. The number of amides is 3. The van der Waals surface area contributed by atoms with Gasteiger partial charge in [0.1, 0.15) is 17.4 Å². The van der Waals surface area contributed by atoms with E-state index in [0.29, 0.717) is 56.1 Å². The van der Waals surface area contributed by atoms with Crippen LogP contribution >= 0.6 is 0 Å². The monoisotopic (exact) mass is 881 g/mol. The number of piperidine rings is 3. The zero-order valence-electron chi connectivity index (χ0n) is 35.9. The molecule has 4 fully saturated rings. The highest BCUT2D eigenvalue weighted by Gasteiger charge is 2.41. The van der Waals surface area contributed by atoms with Gasteiger partial charge in [-0.1, -0.05) is 48.5 Å². The summed E-state index contributed by atoms with van der Waals surface area (Å²) in [5.41, 5.74) is 3.76. The van der Waals surface area contributed by atoms with Crippen LogP contribution in [-0.2, 0) is 45.8 Å². The Balaban J connectivity index is 0.00000182. The molecule has 0 saturated carbocycles. The number of alkyl halides is 3. The normalized spacial score (nSPS) is 20.7. The molecule has 0 radical (unpaired) electrons. The highest BCUT2D eigenvalue weighted by Crippen LogP contribution is 2.39. The van der Waals surface area contributed by atoms with Gasteiger partial charge in [-0.2, -0.15) is 18.2 Å². The van der Waals surface area contributed by atoms with Crippen molar-refractivity contribution in [3.05, 3.63) is 119 Å². The number of aliphatic hydroxyl groups is 1. The number of carbonyl (C=O) groups excluding carboxylic acids is 3. The number of carbonyl (C=O) groups is 3. The van der Waals surface area contributed by atoms with E-state index in [0.717, 1.165) is 75.0 Å². The molecule has 5 aliphatic heterocycles. The summed E-state index contributed by atoms with van der Waals surface area (Å²) >= 11 is 0. The van der Waals surface area contributed by atoms with E-state index in [1.165, 1.54) is 21.1 Å². The molecule has 17 heteroatoms. The Labute approximate surface area is 370 Å². The Kier molecular flexibility index (Phi) is 13.4. The first kappa shape index (κ1) is 44.8. The summed E-state index contributed by atoms with van der Waals surface area (Å²) in [6, 6.07) is 17.4. The smallest absolute Gasteiger partial charge is 0.385 e. The van der Waals surface area contributed by atoms with E-state index in [1.54, 1.807) is 18.2 Å². The lowest BCUT2D eigenvalue weighted by Gasteiger charge is -2.38. The third kappa shape index (κ3) is 10.1. The number of benzene rings is 2. The Hall–Kier alpha value is -5.75. The van der Waals surface area contributed by atoms with Crippen LogP contribution in [0.1, 0.15) is 102 Å². The molecule has 2 aromatic heterocycles. The van der Waals surface area contributed by atoms with Gasteiger partial charge >= 0.3 is 6.18 Å². The number of allylic oxidation sites excluding steroid dienone is 1. The molecule has 1 atom stereocenters. The number of hydrogen-bond donors (Lipinski definition) is 3. The van der Waals surface area contributed by atoms with Gasteiger partial charge in [-0.3, -0.25) is 34.3 Å². The van der Waals surface area contributed by atoms with Crippen molar-refractivity contribution in [2.45, 2.75) is 95.2 Å². The molecule has 0 bridgehead atoms. The molecule has 7 heterocycles. The van der Waals surface area contributed by atoms with Gasteiger partial charge in [-0.25, -0.2) is 15.0 Å². The van der Waals surface area contributed by atoms with Crippen LogP contribution in [0.15, 0.2) is 79.6 Å². The number of rotatable bonds is 10. The van der Waals surface area contributed by atoms with Gasteiger partial charge in [-0.15, -0.1) is 6.58 Å². The summed E-state index contributed by atoms with van der Waals surface area (Å²) in [5, 5.41) is 18.2. The fourth-order valence-electron chi connectivity index (χ4n) is 9.20. The fourth-order valence-corrected chi connectivity index (χ4v) is 9.20. The SMILES string of the molecule is C=CC.O=C1CCC(N2Cc3cc(C4(O)CCN(Cc5ccc(CN6CCC(c7ccc(Nc8ncc(C(F)(F)F)c(N9CCCO9)n8)nc7)CC6)cc5)CC4)ccc3C2=O)C(=O)N1. The molecule has 4 saturated heterocycles. The molecule has 9 rings (SSSR count). The molecule has 14 nitrogen and oxygen atoms in total. The van der Waals surface area contributed by atoms with Crippen LogP contribution in [0.2, 0.25) is 0 Å². The Morgan fingerprint density at radius 3 is 2.22 bits per heavy atom. The largest absolute Gasteiger partial charge is 0.421 e. The number of imide groups is 1. The highest BCUT2D eigenvalue weighted by molar-refractivity contribution is 6.05. The molecular formula is C47H54F3N9O5. The van der Waals surface area contributed by atoms with E-state index in [2.05, 4.69) is 66.2 Å². The summed E-state index contributed by atoms with van der Waals surface area (Å²) in [7, 11) is 0. The molecule has 64 heavy (non-hydrogen) atoms. The van der Waals surface area contributed by atoms with Crippen molar-refractivity contribution < 1.29 is 37.5 Å². The second-order valence-electron chi connectivity index (χ2n) is 17.2. The molecule has 2 aromatic carbocycles. The number of hydroxylamine groups is 1. The van der Waals surface area contributed by atoms with Crippen LogP contribution in [0, 0.1) is 0 Å². The van der Waals surface area contributed by atoms with Gasteiger partial charge < -0.3 is 15.3 Å². The van der Waals surface area contributed by atoms with Gasteiger partial charge in [0.2, 0.25) is 17.8 Å². The van der Waals surface area contributed by atoms with Crippen molar-refractivity contribution >= 4 is 35.3 Å². The van der Waals surface area contributed by atoms with Crippen LogP contribution in [0.4, 0.5) is 30.8 Å². The second-order valence-corrected chi connectivity index (χ2v) is 17.2. The van der Waals surface area contributed by atoms with Crippen molar-refractivity contribution in [3.63, 3.8) is 0 Å². The molecule has 5 aliphatic rings. The lowest BCUT2D eigenvalue weighted by atomic mass is 9.83. The number of aromatic nitrogens is 3. The molecule has 0 aliphatic carbocycles. The van der Waals surface area contributed by atoms with E-state index >= 15 is 0 Å². The number of nitrogens with zero attached hydrogens (tertiary/aromatic N) is 7. The van der Waals surface area contributed by atoms with Crippen molar-refractivity contribution in [2.75, 3.05) is 49.7 Å². The lowest BCUT2D eigenvalue weighted by Crippen LogP contribution is -2.52. The van der Waals surface area contributed by atoms with Crippen LogP contribution in [0.3, 0.4) is 0 Å². The number of halogens is 3. The van der Waals surface area contributed by atoms with E-state index in [1.807, 2.05) is 31.3 Å². The quantitative estimate of drug-likeness (QED) is 0.116. The zero-order valence-corrected chi connectivity index (χ0v) is 35.9. The fraction of sp³-hybridized carbons (Fsp3) is 0.447. The van der Waals surface area contributed by atoms with Crippen LogP contribution in [-0.4, -0.2) is 97.9 Å². The number of fused-ring (bicyclic) bond motifs is 1. The summed E-state index contributed by atoms with van der Waals surface area (Å²) in [6.07, 6.45) is 3.95. The summed E-state index contributed by atoms with van der Waals surface area (Å²) in [4.78, 5) is 61.5. The Bertz CT molecular complexity index is 2320. The molecule has 1 unspecified atom stereocenters. The van der Waals surface area contributed by atoms with Crippen LogP contribution in [0.25, 0.3) is 0 Å². The minimum absolute atomic E-state index is 0.0109. The molecule has 3 N–H and O–H groups in total. The van der Waals surface area contributed by atoms with Crippen molar-refractivity contribution in [1.29, 1.82) is 0 Å². The molecule has 4 aromatic rings. The zero-order chi connectivity index (χ0) is 45.0. The van der Waals surface area contributed by atoms with Crippen LogP contribution < -0.4 is 15.7 Å². The predicted octanol–water partition coefficient (Wildman–Crippen LogP) is 6.59. The maximum Gasteiger partial charge on any atom is 0.421 e. The molecular weight excluding hydrogens is 828 g/mol. The highest BCUT2D eigenvalue weighted by atomic mass is 19.4. The van der Waals surface area contributed by atoms with E-state index in [4.69, 9.17) is 4.84 Å². The number of pyridine rings is 1. The average Bonchev–Trinajstić information content (AvgIpc) is 3.94. The van der Waals surface area contributed by atoms with E-state index in [9.17, 15) is 32.7 Å². The van der Waals surface area contributed by atoms with Gasteiger partial charge in [0, 0.05) is 63.6 Å². The standard InChI is InChI=1S/C44H48F3N9O5.C3H6/c45-44(46,47)35-24-49-42(52-39(35)56-16-1-21-61-56)50-37-10-6-31(23-48-37)30-12-17-53(18-13-30)25-28-2-4-29(5-3-28)26-54-19-14-43(60,15-20-54)33-7-8-34-32(22-33)27-55(41(34)59)36-9-11-38(57)51-40(36)58;1-3-2/h2-8,10,22-24,30,36,60H,1,9,11-21,25-27H2,(H,51,57,58)(H,48,49,50,52);3H,1H2,2H3. The Morgan fingerprint density at radius 2 is 1.61 bits per heavy atom. The number of likely N-dealkylation sites (tertiary alicyclic amines) is 2. The molecule has 0 spiro atoms. The molecule has 338 valence electrons. The van der Waals surface area contributed by atoms with Crippen molar-refractivity contribution in [2.24, 2.45) is 0 Å². The number of anilines is 3. The third-order valence-electron chi connectivity index (χ3n) is 12.7. The minimum Gasteiger partial charge on any atom is -0.385 e. The Morgan fingerprint density at radius 1 is 0.922 bits per heavy atom. The van der Waals surface area contributed by atoms with E-state index < -0.39 is 29.3 Å². The molecule has 3 amide bonds. The topological polar surface area (TPSA) is 156 Å². The minimum atomic E-state index is -4.61. The number of nitrogens with one attached hydrogen (secondary N) is 2. The van der Waals surface area contributed by atoms with Gasteiger partial charge in [0.15, 0.2) is 5.82 Å². The maximum atomic E-state index is 13.6. The third-order valence-corrected chi connectivity index (χ3v) is 12.7.